The fourth-order valence-corrected chi connectivity index (χ4v) is 4.06. The molecule has 0 aliphatic rings. The third-order valence-electron chi connectivity index (χ3n) is 2.69. The first kappa shape index (κ1) is 14.7. The Balaban J connectivity index is 2.17. The van der Waals surface area contributed by atoms with Crippen LogP contribution in [-0.4, -0.2) is 8.42 Å². The minimum atomic E-state index is -3.47. The largest absolute Gasteiger partial charge is 0.241 e. The molecule has 0 saturated carbocycles. The predicted molar refractivity (Wildman–Crippen MR) is 82.1 cm³/mol. The Hall–Kier alpha value is -0.690. The van der Waals surface area contributed by atoms with Crippen LogP contribution in [0.25, 0.3) is 0 Å². The van der Waals surface area contributed by atoms with Gasteiger partial charge in [-0.15, -0.1) is 11.3 Å². The quantitative estimate of drug-likeness (QED) is 0.827. The molecule has 1 atom stereocenters. The molecule has 0 saturated heterocycles. The average molecular weight is 360 g/mol. The summed E-state index contributed by atoms with van der Waals surface area (Å²) in [5.74, 6) is 0. The summed E-state index contributed by atoms with van der Waals surface area (Å²) >= 11 is 4.88. The molecule has 0 fully saturated rings. The molecule has 0 aliphatic heterocycles. The van der Waals surface area contributed by atoms with E-state index in [2.05, 4.69) is 20.7 Å². The fraction of sp³-hybridized carbons (Fsp3) is 0.231. The summed E-state index contributed by atoms with van der Waals surface area (Å²) in [6, 6.07) is 10.5. The van der Waals surface area contributed by atoms with Gasteiger partial charge in [0.05, 0.1) is 10.9 Å². The van der Waals surface area contributed by atoms with Crippen LogP contribution < -0.4 is 4.72 Å². The molecule has 1 aromatic heterocycles. The molecule has 102 valence electrons. The number of hydrogen-bond donors (Lipinski definition) is 1. The lowest BCUT2D eigenvalue weighted by Crippen LogP contribution is -2.26. The van der Waals surface area contributed by atoms with Gasteiger partial charge in [0.2, 0.25) is 10.0 Å². The Labute approximate surface area is 125 Å². The number of alkyl halides is 1. The number of rotatable bonds is 5. The maximum atomic E-state index is 12.2. The smallest absolute Gasteiger partial charge is 0.207 e. The van der Waals surface area contributed by atoms with E-state index in [1.807, 2.05) is 24.4 Å². The molecule has 0 aliphatic carbocycles. The second-order valence-electron chi connectivity index (χ2n) is 4.14. The number of halogens is 1. The van der Waals surface area contributed by atoms with E-state index in [1.165, 1.54) is 11.3 Å². The molecule has 0 bridgehead atoms. The first-order valence-corrected chi connectivity index (χ1v) is 9.22. The fourth-order valence-electron chi connectivity index (χ4n) is 1.65. The molecular formula is C13H14BrNO2S2. The lowest BCUT2D eigenvalue weighted by Gasteiger charge is -2.13. The summed E-state index contributed by atoms with van der Waals surface area (Å²) in [5.41, 5.74) is 1.05. The van der Waals surface area contributed by atoms with E-state index < -0.39 is 10.0 Å². The van der Waals surface area contributed by atoms with Crippen molar-refractivity contribution in [3.63, 3.8) is 0 Å². The van der Waals surface area contributed by atoms with Gasteiger partial charge in [0.25, 0.3) is 0 Å². The first-order valence-electron chi connectivity index (χ1n) is 5.73. The topological polar surface area (TPSA) is 46.2 Å². The van der Waals surface area contributed by atoms with E-state index in [0.29, 0.717) is 10.2 Å². The van der Waals surface area contributed by atoms with Gasteiger partial charge in [-0.2, -0.15) is 0 Å². The van der Waals surface area contributed by atoms with E-state index in [0.717, 1.165) is 10.4 Å². The molecule has 0 spiro atoms. The highest BCUT2D eigenvalue weighted by Gasteiger charge is 2.18. The monoisotopic (exact) mass is 359 g/mol. The Morgan fingerprint density at radius 3 is 2.47 bits per heavy atom. The first-order chi connectivity index (χ1) is 9.03. The van der Waals surface area contributed by atoms with Crippen molar-refractivity contribution in [2.24, 2.45) is 0 Å². The zero-order valence-electron chi connectivity index (χ0n) is 10.3. The molecule has 0 radical (unpaired) electrons. The van der Waals surface area contributed by atoms with Gasteiger partial charge in [0, 0.05) is 10.2 Å². The van der Waals surface area contributed by atoms with Crippen LogP contribution in [0.5, 0.6) is 0 Å². The maximum absolute atomic E-state index is 12.2. The van der Waals surface area contributed by atoms with Crippen LogP contribution in [0.2, 0.25) is 0 Å². The van der Waals surface area contributed by atoms with Crippen LogP contribution in [0, 0.1) is 0 Å². The highest BCUT2D eigenvalue weighted by atomic mass is 79.9. The van der Waals surface area contributed by atoms with Gasteiger partial charge < -0.3 is 0 Å². The normalized spacial score (nSPS) is 13.4. The lowest BCUT2D eigenvalue weighted by molar-refractivity contribution is 0.568. The Bertz CT molecular complexity index is 621. The molecule has 1 heterocycles. The van der Waals surface area contributed by atoms with Crippen molar-refractivity contribution in [2.45, 2.75) is 23.2 Å². The van der Waals surface area contributed by atoms with E-state index in [4.69, 9.17) is 0 Å². The van der Waals surface area contributed by atoms with Gasteiger partial charge in [-0.05, 0) is 36.1 Å². The SMILES string of the molecule is C[C@H](NS(=O)(=O)c1ccc(CBr)cc1)c1cccs1. The summed E-state index contributed by atoms with van der Waals surface area (Å²) < 4.78 is 27.1. The van der Waals surface area contributed by atoms with Gasteiger partial charge in [0.15, 0.2) is 0 Å². The van der Waals surface area contributed by atoms with E-state index in [-0.39, 0.29) is 6.04 Å². The molecule has 3 nitrogen and oxygen atoms in total. The summed E-state index contributed by atoms with van der Waals surface area (Å²) in [6.07, 6.45) is 0. The van der Waals surface area contributed by atoms with Crippen LogP contribution in [0.15, 0.2) is 46.7 Å². The van der Waals surface area contributed by atoms with Gasteiger partial charge in [0.1, 0.15) is 0 Å². The third kappa shape index (κ3) is 3.66. The highest BCUT2D eigenvalue weighted by Crippen LogP contribution is 2.21. The van der Waals surface area contributed by atoms with Crippen LogP contribution >= 0.6 is 27.3 Å². The maximum Gasteiger partial charge on any atom is 0.241 e. The summed E-state index contributed by atoms with van der Waals surface area (Å²) in [7, 11) is -3.47. The van der Waals surface area contributed by atoms with Gasteiger partial charge in [-0.25, -0.2) is 13.1 Å². The van der Waals surface area contributed by atoms with Gasteiger partial charge in [-0.1, -0.05) is 34.1 Å². The highest BCUT2D eigenvalue weighted by molar-refractivity contribution is 9.08. The molecule has 2 aromatic rings. The zero-order valence-corrected chi connectivity index (χ0v) is 13.6. The number of benzene rings is 1. The molecule has 1 N–H and O–H groups in total. The van der Waals surface area contributed by atoms with Crippen molar-refractivity contribution in [2.75, 3.05) is 0 Å². The van der Waals surface area contributed by atoms with E-state index in [1.54, 1.807) is 24.3 Å². The molecular weight excluding hydrogens is 346 g/mol. The molecule has 1 aromatic carbocycles. The van der Waals surface area contributed by atoms with Crippen molar-refractivity contribution in [1.29, 1.82) is 0 Å². The van der Waals surface area contributed by atoms with Crippen molar-refractivity contribution < 1.29 is 8.42 Å². The van der Waals surface area contributed by atoms with Gasteiger partial charge >= 0.3 is 0 Å². The third-order valence-corrected chi connectivity index (χ3v) is 5.95. The summed E-state index contributed by atoms with van der Waals surface area (Å²) in [4.78, 5) is 1.29. The number of hydrogen-bond acceptors (Lipinski definition) is 3. The number of thiophene rings is 1. The standard InChI is InChI=1S/C13H14BrNO2S2/c1-10(13-3-2-8-18-13)15-19(16,17)12-6-4-11(9-14)5-7-12/h2-8,10,15H,9H2,1H3/t10-/m0/s1. The molecule has 19 heavy (non-hydrogen) atoms. The molecule has 6 heteroatoms. The van der Waals surface area contributed by atoms with Crippen molar-refractivity contribution >= 4 is 37.3 Å². The van der Waals surface area contributed by atoms with E-state index in [9.17, 15) is 8.42 Å². The predicted octanol–water partition coefficient (Wildman–Crippen LogP) is 3.68. The van der Waals surface area contributed by atoms with Crippen LogP contribution in [-0.2, 0) is 15.4 Å². The van der Waals surface area contributed by atoms with Crippen LogP contribution in [0.1, 0.15) is 23.4 Å². The van der Waals surface area contributed by atoms with Crippen molar-refractivity contribution in [3.8, 4) is 0 Å². The van der Waals surface area contributed by atoms with Gasteiger partial charge in [-0.3, -0.25) is 0 Å². The van der Waals surface area contributed by atoms with Crippen LogP contribution in [0.4, 0.5) is 0 Å². The second-order valence-corrected chi connectivity index (χ2v) is 7.39. The Morgan fingerprint density at radius 1 is 1.26 bits per heavy atom. The van der Waals surface area contributed by atoms with Crippen molar-refractivity contribution in [3.05, 3.63) is 52.2 Å². The Kier molecular flexibility index (Phi) is 4.78. The number of sulfonamides is 1. The summed E-state index contributed by atoms with van der Waals surface area (Å²) in [6.45, 7) is 1.84. The molecule has 0 amide bonds. The minimum Gasteiger partial charge on any atom is -0.207 e. The minimum absolute atomic E-state index is 0.221. The van der Waals surface area contributed by atoms with E-state index >= 15 is 0 Å². The lowest BCUT2D eigenvalue weighted by atomic mass is 10.2. The summed E-state index contributed by atoms with van der Waals surface area (Å²) in [5, 5.41) is 2.65. The zero-order chi connectivity index (χ0) is 13.9. The van der Waals surface area contributed by atoms with Crippen molar-refractivity contribution in [1.82, 2.24) is 4.72 Å². The molecule has 2 rings (SSSR count). The Morgan fingerprint density at radius 2 is 1.95 bits per heavy atom. The molecule has 0 unspecified atom stereocenters. The second kappa shape index (κ2) is 6.17. The van der Waals surface area contributed by atoms with Crippen LogP contribution in [0.3, 0.4) is 0 Å². The average Bonchev–Trinajstić information content (AvgIpc) is 2.92. The number of nitrogens with one attached hydrogen (secondary N) is 1.